The first-order valence-corrected chi connectivity index (χ1v) is 13.4. The molecule has 2 aromatic rings. The lowest BCUT2D eigenvalue weighted by atomic mass is 10.1. The highest BCUT2D eigenvalue weighted by molar-refractivity contribution is 8.14. The molecule has 0 aliphatic carbocycles. The third kappa shape index (κ3) is 6.59. The highest BCUT2D eigenvalue weighted by atomic mass is 32.2. The van der Waals surface area contributed by atoms with E-state index in [2.05, 4.69) is 20.6 Å². The number of nitrogens with one attached hydrogen (secondary N) is 2. The first-order valence-electron chi connectivity index (χ1n) is 12.4. The van der Waals surface area contributed by atoms with Gasteiger partial charge in [0.15, 0.2) is 5.17 Å². The van der Waals surface area contributed by atoms with Crippen LogP contribution in [0.25, 0.3) is 0 Å². The molecule has 0 unspecified atom stereocenters. The Morgan fingerprint density at radius 3 is 2.66 bits per heavy atom. The quantitative estimate of drug-likeness (QED) is 0.402. The largest absolute Gasteiger partial charge is 0.496 e. The molecule has 4 rings (SSSR count). The summed E-state index contributed by atoms with van der Waals surface area (Å²) in [5.41, 5.74) is 2.31. The van der Waals surface area contributed by atoms with Crippen molar-refractivity contribution in [3.05, 3.63) is 59.7 Å². The summed E-state index contributed by atoms with van der Waals surface area (Å²) >= 11 is 1.19. The zero-order valence-corrected chi connectivity index (χ0v) is 22.3. The van der Waals surface area contributed by atoms with Crippen LogP contribution in [0.3, 0.4) is 0 Å². The van der Waals surface area contributed by atoms with Crippen LogP contribution < -0.4 is 15.4 Å². The number of amides is 3. The molecule has 2 aliphatic rings. The zero-order chi connectivity index (χ0) is 26.9. The molecule has 0 bridgehead atoms. The van der Waals surface area contributed by atoms with E-state index in [1.54, 1.807) is 14.2 Å². The molecule has 2 N–H and O–H groups in total. The fourth-order valence-electron chi connectivity index (χ4n) is 4.11. The number of hydrogen-bond donors (Lipinski definition) is 2. The van der Waals surface area contributed by atoms with E-state index in [4.69, 9.17) is 9.47 Å². The fraction of sp³-hybridized carbons (Fsp3) is 0.370. The number of fused-ring (bicyclic) bond motifs is 3. The molecule has 3 amide bonds. The molecule has 38 heavy (non-hydrogen) atoms. The monoisotopic (exact) mass is 537 g/mol. The average Bonchev–Trinajstić information content (AvgIpc) is 3.28. The molecular formula is C27H31N5O5S. The summed E-state index contributed by atoms with van der Waals surface area (Å²) in [5, 5.41) is 6.13. The second kappa shape index (κ2) is 13.2. The Morgan fingerprint density at radius 1 is 1.05 bits per heavy atom. The summed E-state index contributed by atoms with van der Waals surface area (Å²) in [5.74, 6) is 0.736. The number of aliphatic imine (C=N–C) groups is 2. The van der Waals surface area contributed by atoms with Gasteiger partial charge in [-0.3, -0.25) is 19.4 Å². The number of hydrogen-bond acceptors (Lipinski definition) is 8. The number of carbonyl (C=O) groups is 3. The van der Waals surface area contributed by atoms with Crippen LogP contribution in [0.15, 0.2) is 58.5 Å². The number of carbonyl (C=O) groups excluding carboxylic acids is 3. The van der Waals surface area contributed by atoms with Crippen LogP contribution in [0.2, 0.25) is 0 Å². The summed E-state index contributed by atoms with van der Waals surface area (Å²) in [6, 6.07) is 14.2. The van der Waals surface area contributed by atoms with Crippen LogP contribution >= 0.6 is 11.8 Å². The van der Waals surface area contributed by atoms with E-state index in [0.717, 1.165) is 17.5 Å². The highest BCUT2D eigenvalue weighted by Crippen LogP contribution is 2.34. The maximum absolute atomic E-state index is 13.4. The number of amidine groups is 2. The lowest BCUT2D eigenvalue weighted by Crippen LogP contribution is -2.42. The van der Waals surface area contributed by atoms with Gasteiger partial charge in [0, 0.05) is 44.4 Å². The van der Waals surface area contributed by atoms with E-state index in [1.165, 1.54) is 16.7 Å². The van der Waals surface area contributed by atoms with Gasteiger partial charge in [-0.15, -0.1) is 0 Å². The van der Waals surface area contributed by atoms with Gasteiger partial charge in [-0.05, 0) is 31.0 Å². The fourth-order valence-corrected chi connectivity index (χ4v) is 4.94. The standard InChI is InChI=1S/C27H31N5O5S/c1-36-15-7-14-28-24(34)17-38-27-31-20-10-5-4-9-19(20)25-30-21(26(35)32(25)27)12-13-23(33)29-16-18-8-3-6-11-22(18)37-2/h3-6,8-11,21H,7,12-17H2,1-2H3,(H,28,34)(H,29,33)/t21-/m0/s1. The Hall–Kier alpha value is -3.70. The van der Waals surface area contributed by atoms with Gasteiger partial charge < -0.3 is 20.1 Å². The van der Waals surface area contributed by atoms with E-state index in [9.17, 15) is 14.4 Å². The lowest BCUT2D eigenvalue weighted by molar-refractivity contribution is -0.125. The zero-order valence-electron chi connectivity index (χ0n) is 21.4. The van der Waals surface area contributed by atoms with Crippen LogP contribution in [0.5, 0.6) is 5.75 Å². The smallest absolute Gasteiger partial charge is 0.259 e. The van der Waals surface area contributed by atoms with Crippen LogP contribution in [0.4, 0.5) is 5.69 Å². The average molecular weight is 538 g/mol. The molecule has 0 saturated carbocycles. The Balaban J connectivity index is 1.38. The van der Waals surface area contributed by atoms with Crippen molar-refractivity contribution >= 4 is 46.2 Å². The summed E-state index contributed by atoms with van der Waals surface area (Å²) < 4.78 is 10.3. The maximum atomic E-state index is 13.4. The first-order chi connectivity index (χ1) is 18.5. The second-order valence-corrected chi connectivity index (χ2v) is 9.61. The van der Waals surface area contributed by atoms with Gasteiger partial charge in [-0.25, -0.2) is 9.89 Å². The summed E-state index contributed by atoms with van der Waals surface area (Å²) in [4.78, 5) is 49.0. The van der Waals surface area contributed by atoms with Crippen molar-refractivity contribution in [3.8, 4) is 5.75 Å². The molecule has 0 aromatic heterocycles. The molecule has 11 heteroatoms. The van der Waals surface area contributed by atoms with Gasteiger partial charge >= 0.3 is 0 Å². The summed E-state index contributed by atoms with van der Waals surface area (Å²) in [6.45, 7) is 1.41. The Morgan fingerprint density at radius 2 is 1.84 bits per heavy atom. The number of benzene rings is 2. The van der Waals surface area contributed by atoms with E-state index in [1.807, 2.05) is 48.5 Å². The van der Waals surface area contributed by atoms with Crippen molar-refractivity contribution in [3.63, 3.8) is 0 Å². The maximum Gasteiger partial charge on any atom is 0.259 e. The minimum absolute atomic E-state index is 0.112. The third-order valence-corrected chi connectivity index (χ3v) is 6.98. The van der Waals surface area contributed by atoms with Crippen molar-refractivity contribution in [1.29, 1.82) is 0 Å². The van der Waals surface area contributed by atoms with Gasteiger partial charge in [0.25, 0.3) is 5.91 Å². The summed E-state index contributed by atoms with van der Waals surface area (Å²) in [6.07, 6.45) is 1.12. The molecule has 2 heterocycles. The highest BCUT2D eigenvalue weighted by Gasteiger charge is 2.41. The van der Waals surface area contributed by atoms with Crippen molar-refractivity contribution in [2.75, 3.05) is 33.1 Å². The van der Waals surface area contributed by atoms with E-state index in [-0.39, 0.29) is 36.3 Å². The van der Waals surface area contributed by atoms with Gasteiger partial charge in [0.05, 0.1) is 18.6 Å². The number of para-hydroxylation sites is 2. The van der Waals surface area contributed by atoms with Crippen LogP contribution in [-0.4, -0.2) is 72.8 Å². The lowest BCUT2D eigenvalue weighted by Gasteiger charge is -2.25. The first kappa shape index (κ1) is 27.3. The van der Waals surface area contributed by atoms with Crippen molar-refractivity contribution in [2.24, 2.45) is 9.98 Å². The molecule has 0 saturated heterocycles. The Labute approximate surface area is 225 Å². The summed E-state index contributed by atoms with van der Waals surface area (Å²) in [7, 11) is 3.20. The molecule has 2 aromatic carbocycles. The molecule has 200 valence electrons. The molecule has 0 radical (unpaired) electrons. The Bertz CT molecular complexity index is 1250. The van der Waals surface area contributed by atoms with Crippen LogP contribution in [-0.2, 0) is 25.7 Å². The topological polar surface area (TPSA) is 122 Å². The number of thioether (sulfide) groups is 1. The van der Waals surface area contributed by atoms with E-state index >= 15 is 0 Å². The van der Waals surface area contributed by atoms with Gasteiger partial charge in [-0.1, -0.05) is 42.1 Å². The van der Waals surface area contributed by atoms with E-state index < -0.39 is 6.04 Å². The third-order valence-electron chi connectivity index (χ3n) is 6.04. The minimum Gasteiger partial charge on any atom is -0.496 e. The Kier molecular flexibility index (Phi) is 9.50. The molecule has 10 nitrogen and oxygen atoms in total. The normalized spacial score (nSPS) is 15.8. The number of methoxy groups -OCH3 is 2. The number of rotatable bonds is 12. The van der Waals surface area contributed by atoms with Gasteiger partial charge in [0.1, 0.15) is 17.6 Å². The predicted octanol–water partition coefficient (Wildman–Crippen LogP) is 2.64. The number of nitrogens with zero attached hydrogens (tertiary/aromatic N) is 3. The van der Waals surface area contributed by atoms with Gasteiger partial charge in [0.2, 0.25) is 11.8 Å². The van der Waals surface area contributed by atoms with Crippen molar-refractivity contribution in [1.82, 2.24) is 15.5 Å². The van der Waals surface area contributed by atoms with Crippen LogP contribution in [0.1, 0.15) is 30.4 Å². The molecule has 0 fully saturated rings. The van der Waals surface area contributed by atoms with Gasteiger partial charge in [-0.2, -0.15) is 0 Å². The SMILES string of the molecule is COCCCNC(=O)CSC1=Nc2ccccc2C2=N[C@@H](CCC(=O)NCc3ccccc3OC)C(=O)N12. The van der Waals surface area contributed by atoms with Crippen LogP contribution in [0, 0.1) is 0 Å². The van der Waals surface area contributed by atoms with Crippen molar-refractivity contribution < 1.29 is 23.9 Å². The molecular weight excluding hydrogens is 506 g/mol. The molecule has 1 atom stereocenters. The molecule has 2 aliphatic heterocycles. The number of ether oxygens (including phenoxy) is 2. The van der Waals surface area contributed by atoms with Crippen molar-refractivity contribution in [2.45, 2.75) is 31.8 Å². The predicted molar refractivity (Wildman–Crippen MR) is 147 cm³/mol. The second-order valence-electron chi connectivity index (χ2n) is 8.67. The van der Waals surface area contributed by atoms with E-state index in [0.29, 0.717) is 42.1 Å². The minimum atomic E-state index is -0.707. The molecule has 0 spiro atoms.